The molecule has 2 rings (SSSR count). The summed E-state index contributed by atoms with van der Waals surface area (Å²) in [7, 11) is 0. The van der Waals surface area contributed by atoms with Crippen LogP contribution in [-0.2, 0) is 0 Å². The first-order valence-electron chi connectivity index (χ1n) is 4.71. The first-order valence-corrected chi connectivity index (χ1v) is 5.09. The van der Waals surface area contributed by atoms with Gasteiger partial charge in [0.05, 0.1) is 0 Å². The summed E-state index contributed by atoms with van der Waals surface area (Å²) in [6.45, 7) is 0. The smallest absolute Gasteiger partial charge is 0.150 e. The molecule has 0 amide bonds. The van der Waals surface area contributed by atoms with E-state index >= 15 is 0 Å². The van der Waals surface area contributed by atoms with Gasteiger partial charge in [-0.1, -0.05) is 35.9 Å². The highest BCUT2D eigenvalue weighted by molar-refractivity contribution is 6.30. The molecule has 0 atom stereocenters. The Morgan fingerprint density at radius 2 is 1.75 bits per heavy atom. The van der Waals surface area contributed by atoms with E-state index < -0.39 is 5.82 Å². The van der Waals surface area contributed by atoms with Gasteiger partial charge >= 0.3 is 0 Å². The zero-order chi connectivity index (χ0) is 11.5. The molecule has 0 bridgehead atoms. The maximum Gasteiger partial charge on any atom is 0.150 e. The number of rotatable bonds is 2. The molecule has 80 valence electrons. The van der Waals surface area contributed by atoms with E-state index in [-0.39, 0.29) is 0 Å². The summed E-state index contributed by atoms with van der Waals surface area (Å²) in [5.41, 5.74) is 1.52. The van der Waals surface area contributed by atoms with Crippen molar-refractivity contribution in [3.05, 3.63) is 58.9 Å². The lowest BCUT2D eigenvalue weighted by molar-refractivity contribution is 0.112. The Balaban J connectivity index is 2.48. The van der Waals surface area contributed by atoms with E-state index in [2.05, 4.69) is 0 Å². The lowest BCUT2D eigenvalue weighted by Gasteiger charge is -2.04. The van der Waals surface area contributed by atoms with Crippen LogP contribution in [0.3, 0.4) is 0 Å². The Hall–Kier alpha value is -1.67. The molecular formula is C13H8ClFO. The molecule has 0 radical (unpaired) electrons. The van der Waals surface area contributed by atoms with Crippen molar-refractivity contribution >= 4 is 17.9 Å². The van der Waals surface area contributed by atoms with Crippen LogP contribution in [0, 0.1) is 5.82 Å². The molecular weight excluding hydrogens is 227 g/mol. The summed E-state index contributed by atoms with van der Waals surface area (Å²) in [6.07, 6.45) is 0.620. The highest BCUT2D eigenvalue weighted by Crippen LogP contribution is 2.24. The van der Waals surface area contributed by atoms with E-state index in [1.165, 1.54) is 6.07 Å². The topological polar surface area (TPSA) is 17.1 Å². The van der Waals surface area contributed by atoms with Gasteiger partial charge in [0.1, 0.15) is 12.1 Å². The maximum atomic E-state index is 13.6. The molecule has 3 heteroatoms. The van der Waals surface area contributed by atoms with Crippen molar-refractivity contribution in [2.75, 3.05) is 0 Å². The number of aldehydes is 1. The summed E-state index contributed by atoms with van der Waals surface area (Å²) in [4.78, 5) is 10.5. The zero-order valence-electron chi connectivity index (χ0n) is 8.28. The zero-order valence-corrected chi connectivity index (χ0v) is 9.04. The van der Waals surface area contributed by atoms with Crippen LogP contribution in [0.2, 0.25) is 5.02 Å². The summed E-state index contributed by atoms with van der Waals surface area (Å²) in [5, 5.41) is 0.605. The highest BCUT2D eigenvalue weighted by atomic mass is 35.5. The second-order valence-corrected chi connectivity index (χ2v) is 3.80. The third-order valence-electron chi connectivity index (χ3n) is 2.28. The number of hydrogen-bond acceptors (Lipinski definition) is 1. The van der Waals surface area contributed by atoms with Crippen molar-refractivity contribution in [1.29, 1.82) is 0 Å². The van der Waals surface area contributed by atoms with Gasteiger partial charge in [-0.3, -0.25) is 4.79 Å². The minimum Gasteiger partial charge on any atom is -0.298 e. The number of carbonyl (C=O) groups is 1. The molecule has 0 aliphatic rings. The molecule has 16 heavy (non-hydrogen) atoms. The molecule has 0 aliphatic heterocycles. The molecule has 2 aromatic carbocycles. The summed E-state index contributed by atoms with van der Waals surface area (Å²) in [6, 6.07) is 11.3. The fraction of sp³-hybridized carbons (Fsp3) is 0. The fourth-order valence-electron chi connectivity index (χ4n) is 1.47. The largest absolute Gasteiger partial charge is 0.298 e. The molecule has 2 aromatic rings. The van der Waals surface area contributed by atoms with Crippen LogP contribution in [-0.4, -0.2) is 6.29 Å². The van der Waals surface area contributed by atoms with E-state index in [1.54, 1.807) is 36.4 Å². The van der Waals surface area contributed by atoms with E-state index in [4.69, 9.17) is 11.6 Å². The van der Waals surface area contributed by atoms with Crippen LogP contribution in [0.1, 0.15) is 10.4 Å². The second kappa shape index (κ2) is 4.45. The standard InChI is InChI=1S/C13H8ClFO/c14-11-4-2-10(3-5-11)12-6-1-9(8-16)7-13(12)15/h1-8H. The Morgan fingerprint density at radius 1 is 1.06 bits per heavy atom. The summed E-state index contributed by atoms with van der Waals surface area (Å²) < 4.78 is 13.6. The predicted octanol–water partition coefficient (Wildman–Crippen LogP) is 3.96. The highest BCUT2D eigenvalue weighted by Gasteiger charge is 2.05. The van der Waals surface area contributed by atoms with Crippen molar-refractivity contribution in [3.63, 3.8) is 0 Å². The van der Waals surface area contributed by atoms with E-state index in [0.717, 1.165) is 5.56 Å². The minimum absolute atomic E-state index is 0.329. The van der Waals surface area contributed by atoms with Crippen molar-refractivity contribution in [1.82, 2.24) is 0 Å². The number of benzene rings is 2. The molecule has 0 saturated heterocycles. The molecule has 0 spiro atoms. The number of hydrogen-bond donors (Lipinski definition) is 0. The molecule has 0 aromatic heterocycles. The van der Waals surface area contributed by atoms with Crippen LogP contribution in [0.15, 0.2) is 42.5 Å². The van der Waals surface area contributed by atoms with E-state index in [9.17, 15) is 9.18 Å². The van der Waals surface area contributed by atoms with Crippen molar-refractivity contribution in [2.45, 2.75) is 0 Å². The van der Waals surface area contributed by atoms with Gasteiger partial charge in [-0.15, -0.1) is 0 Å². The lowest BCUT2D eigenvalue weighted by Crippen LogP contribution is -1.87. The minimum atomic E-state index is -0.410. The molecule has 0 fully saturated rings. The predicted molar refractivity (Wildman–Crippen MR) is 62.2 cm³/mol. The number of halogens is 2. The van der Waals surface area contributed by atoms with Crippen molar-refractivity contribution < 1.29 is 9.18 Å². The molecule has 0 saturated carbocycles. The van der Waals surface area contributed by atoms with Gasteiger partial charge in [-0.25, -0.2) is 4.39 Å². The second-order valence-electron chi connectivity index (χ2n) is 3.36. The summed E-state index contributed by atoms with van der Waals surface area (Å²) in [5.74, 6) is -0.410. The van der Waals surface area contributed by atoms with Gasteiger partial charge in [0.15, 0.2) is 0 Å². The van der Waals surface area contributed by atoms with Gasteiger partial charge in [0.2, 0.25) is 0 Å². The lowest BCUT2D eigenvalue weighted by atomic mass is 10.0. The van der Waals surface area contributed by atoms with Gasteiger partial charge in [-0.05, 0) is 23.8 Å². The van der Waals surface area contributed by atoms with Crippen molar-refractivity contribution in [2.24, 2.45) is 0 Å². The molecule has 0 heterocycles. The normalized spacial score (nSPS) is 10.1. The molecule has 0 aliphatic carbocycles. The quantitative estimate of drug-likeness (QED) is 0.719. The van der Waals surface area contributed by atoms with Crippen LogP contribution in [0.5, 0.6) is 0 Å². The van der Waals surface area contributed by atoms with Crippen LogP contribution >= 0.6 is 11.6 Å². The third-order valence-corrected chi connectivity index (χ3v) is 2.54. The van der Waals surface area contributed by atoms with Crippen LogP contribution in [0.25, 0.3) is 11.1 Å². The van der Waals surface area contributed by atoms with E-state index in [1.807, 2.05) is 0 Å². The maximum absolute atomic E-state index is 13.6. The SMILES string of the molecule is O=Cc1ccc(-c2ccc(Cl)cc2)c(F)c1. The Kier molecular flexibility index (Phi) is 3.02. The average Bonchev–Trinajstić information content (AvgIpc) is 2.30. The molecule has 1 nitrogen and oxygen atoms in total. The van der Waals surface area contributed by atoms with Gasteiger partial charge in [-0.2, -0.15) is 0 Å². The fourth-order valence-corrected chi connectivity index (χ4v) is 1.59. The van der Waals surface area contributed by atoms with E-state index in [0.29, 0.717) is 22.4 Å². The summed E-state index contributed by atoms with van der Waals surface area (Å²) >= 11 is 5.75. The van der Waals surface area contributed by atoms with Gasteiger partial charge in [0.25, 0.3) is 0 Å². The first-order chi connectivity index (χ1) is 7.70. The number of carbonyl (C=O) groups excluding carboxylic acids is 1. The van der Waals surface area contributed by atoms with Gasteiger partial charge in [0, 0.05) is 16.1 Å². The Labute approximate surface area is 97.5 Å². The third kappa shape index (κ3) is 2.12. The Bertz CT molecular complexity index is 520. The average molecular weight is 235 g/mol. The van der Waals surface area contributed by atoms with Crippen LogP contribution in [0.4, 0.5) is 4.39 Å². The first kappa shape index (κ1) is 10.8. The molecule has 0 unspecified atom stereocenters. The monoisotopic (exact) mass is 234 g/mol. The van der Waals surface area contributed by atoms with Crippen LogP contribution < -0.4 is 0 Å². The Morgan fingerprint density at radius 3 is 2.31 bits per heavy atom. The van der Waals surface area contributed by atoms with Gasteiger partial charge < -0.3 is 0 Å². The van der Waals surface area contributed by atoms with Crippen molar-refractivity contribution in [3.8, 4) is 11.1 Å². The molecule has 0 N–H and O–H groups in total.